The minimum atomic E-state index is -0.224. The lowest BCUT2D eigenvalue weighted by Gasteiger charge is -2.32. The van der Waals surface area contributed by atoms with Crippen LogP contribution in [0.2, 0.25) is 0 Å². The second-order valence-electron chi connectivity index (χ2n) is 5.31. The molecule has 0 radical (unpaired) electrons. The molecule has 0 saturated carbocycles. The molecule has 2 nitrogen and oxygen atoms in total. The van der Waals surface area contributed by atoms with Gasteiger partial charge >= 0.3 is 0 Å². The van der Waals surface area contributed by atoms with Gasteiger partial charge < -0.3 is 11.5 Å². The summed E-state index contributed by atoms with van der Waals surface area (Å²) in [7, 11) is 0. The van der Waals surface area contributed by atoms with Crippen LogP contribution in [0.5, 0.6) is 0 Å². The Balaban J connectivity index is 3.21. The van der Waals surface area contributed by atoms with Gasteiger partial charge in [0, 0.05) is 11.1 Å². The van der Waals surface area contributed by atoms with E-state index in [1.54, 1.807) is 0 Å². The van der Waals surface area contributed by atoms with Gasteiger partial charge in [-0.05, 0) is 36.8 Å². The molecule has 0 aromatic heterocycles. The minimum absolute atomic E-state index is 0.224. The number of rotatable bonds is 6. The quantitative estimate of drug-likeness (QED) is 0.807. The summed E-state index contributed by atoms with van der Waals surface area (Å²) in [5.74, 6) is 0. The van der Waals surface area contributed by atoms with E-state index in [1.165, 1.54) is 11.1 Å². The molecule has 1 rings (SSSR count). The van der Waals surface area contributed by atoms with Gasteiger partial charge in [0.1, 0.15) is 0 Å². The van der Waals surface area contributed by atoms with Gasteiger partial charge in [-0.2, -0.15) is 0 Å². The number of benzene rings is 1. The lowest BCUT2D eigenvalue weighted by atomic mass is 9.80. The van der Waals surface area contributed by atoms with Gasteiger partial charge in [0.25, 0.3) is 0 Å². The summed E-state index contributed by atoms with van der Waals surface area (Å²) < 4.78 is 0. The van der Waals surface area contributed by atoms with Crippen LogP contribution in [-0.2, 0) is 11.1 Å². The van der Waals surface area contributed by atoms with E-state index in [9.17, 15) is 0 Å². The van der Waals surface area contributed by atoms with Gasteiger partial charge in [0.15, 0.2) is 0 Å². The summed E-state index contributed by atoms with van der Waals surface area (Å²) in [4.78, 5) is 0. The predicted octanol–water partition coefficient (Wildman–Crippen LogP) is 3.63. The molecule has 1 aromatic rings. The van der Waals surface area contributed by atoms with Crippen LogP contribution in [0.3, 0.4) is 0 Å². The maximum Gasteiger partial charge on any atom is 0.0404 e. The average molecular weight is 248 g/mol. The molecule has 0 aliphatic carbocycles. The second-order valence-corrected chi connectivity index (χ2v) is 5.31. The topological polar surface area (TPSA) is 52.0 Å². The largest absolute Gasteiger partial charge is 0.321 e. The maximum atomic E-state index is 6.47. The highest BCUT2D eigenvalue weighted by atomic mass is 14.7. The number of hydrogen-bond donors (Lipinski definition) is 2. The van der Waals surface area contributed by atoms with Crippen LogP contribution >= 0.6 is 0 Å². The number of hydrogen-bond acceptors (Lipinski definition) is 2. The predicted molar refractivity (Wildman–Crippen MR) is 79.3 cm³/mol. The van der Waals surface area contributed by atoms with Crippen molar-refractivity contribution >= 4 is 0 Å². The molecule has 0 atom stereocenters. The Hall–Kier alpha value is -0.860. The Labute approximate surface area is 112 Å². The van der Waals surface area contributed by atoms with E-state index in [2.05, 4.69) is 52.0 Å². The van der Waals surface area contributed by atoms with Crippen molar-refractivity contribution in [2.45, 2.75) is 64.5 Å². The zero-order valence-electron chi connectivity index (χ0n) is 12.3. The molecule has 102 valence electrons. The first-order chi connectivity index (χ1) is 8.45. The van der Waals surface area contributed by atoms with E-state index >= 15 is 0 Å². The summed E-state index contributed by atoms with van der Waals surface area (Å²) in [6.45, 7) is 8.58. The zero-order valence-corrected chi connectivity index (χ0v) is 12.3. The molecule has 0 aliphatic rings. The zero-order chi connectivity index (χ0) is 13.8. The first-order valence-corrected chi connectivity index (χ1v) is 7.14. The third-order valence-electron chi connectivity index (χ3n) is 4.54. The molecular weight excluding hydrogens is 220 g/mol. The fourth-order valence-electron chi connectivity index (χ4n) is 2.46. The standard InChI is InChI=1S/C16H28N2/c1-5-15(17,6-2)13-10-9-11-14(12-13)16(18,7-3)8-4/h9-12H,5-8,17-18H2,1-4H3. The van der Waals surface area contributed by atoms with Crippen LogP contribution in [0.1, 0.15) is 64.5 Å². The van der Waals surface area contributed by atoms with E-state index < -0.39 is 0 Å². The highest BCUT2D eigenvalue weighted by Gasteiger charge is 2.27. The first-order valence-electron chi connectivity index (χ1n) is 7.14. The molecule has 18 heavy (non-hydrogen) atoms. The number of nitrogens with two attached hydrogens (primary N) is 2. The summed E-state index contributed by atoms with van der Waals surface area (Å²) in [6.07, 6.45) is 3.79. The summed E-state index contributed by atoms with van der Waals surface area (Å²) in [5.41, 5.74) is 14.9. The molecule has 0 bridgehead atoms. The molecule has 0 spiro atoms. The summed E-state index contributed by atoms with van der Waals surface area (Å²) in [5, 5.41) is 0. The fourth-order valence-corrected chi connectivity index (χ4v) is 2.46. The van der Waals surface area contributed by atoms with E-state index in [0.29, 0.717) is 0 Å². The minimum Gasteiger partial charge on any atom is -0.321 e. The van der Waals surface area contributed by atoms with Crippen molar-refractivity contribution in [3.8, 4) is 0 Å². The highest BCUT2D eigenvalue weighted by Crippen LogP contribution is 2.31. The van der Waals surface area contributed by atoms with Gasteiger partial charge in [0.2, 0.25) is 0 Å². The van der Waals surface area contributed by atoms with Crippen molar-refractivity contribution in [3.63, 3.8) is 0 Å². The SMILES string of the molecule is CCC(N)(CC)c1cccc(C(N)(CC)CC)c1. The van der Waals surface area contributed by atoms with Gasteiger partial charge in [-0.1, -0.05) is 52.0 Å². The summed E-state index contributed by atoms with van der Waals surface area (Å²) >= 11 is 0. The van der Waals surface area contributed by atoms with Crippen LogP contribution in [0, 0.1) is 0 Å². The fraction of sp³-hybridized carbons (Fsp3) is 0.625. The smallest absolute Gasteiger partial charge is 0.0404 e. The first kappa shape index (κ1) is 15.2. The molecule has 4 N–H and O–H groups in total. The molecular formula is C16H28N2. The van der Waals surface area contributed by atoms with Gasteiger partial charge in [-0.3, -0.25) is 0 Å². The molecule has 2 heteroatoms. The van der Waals surface area contributed by atoms with Crippen LogP contribution in [0.4, 0.5) is 0 Å². The van der Waals surface area contributed by atoms with Crippen molar-refractivity contribution in [1.82, 2.24) is 0 Å². The Morgan fingerprint density at radius 1 is 0.778 bits per heavy atom. The van der Waals surface area contributed by atoms with E-state index in [-0.39, 0.29) is 11.1 Å². The van der Waals surface area contributed by atoms with Crippen molar-refractivity contribution in [1.29, 1.82) is 0 Å². The van der Waals surface area contributed by atoms with Crippen LogP contribution in [0.25, 0.3) is 0 Å². The molecule has 0 fully saturated rings. The van der Waals surface area contributed by atoms with E-state index in [0.717, 1.165) is 25.7 Å². The third kappa shape index (κ3) is 2.76. The van der Waals surface area contributed by atoms with Crippen molar-refractivity contribution in [2.75, 3.05) is 0 Å². The van der Waals surface area contributed by atoms with Crippen LogP contribution in [-0.4, -0.2) is 0 Å². The molecule has 1 aromatic carbocycles. The summed E-state index contributed by atoms with van der Waals surface area (Å²) in [6, 6.07) is 8.55. The molecule has 0 aliphatic heterocycles. The third-order valence-corrected chi connectivity index (χ3v) is 4.54. The average Bonchev–Trinajstić information content (AvgIpc) is 2.45. The van der Waals surface area contributed by atoms with Gasteiger partial charge in [-0.15, -0.1) is 0 Å². The molecule has 0 saturated heterocycles. The van der Waals surface area contributed by atoms with Crippen molar-refractivity contribution < 1.29 is 0 Å². The lowest BCUT2D eigenvalue weighted by molar-refractivity contribution is 0.398. The normalized spacial score (nSPS) is 12.8. The molecule has 0 amide bonds. The molecule has 0 unspecified atom stereocenters. The Morgan fingerprint density at radius 2 is 1.11 bits per heavy atom. The monoisotopic (exact) mass is 248 g/mol. The van der Waals surface area contributed by atoms with Crippen molar-refractivity contribution in [2.24, 2.45) is 11.5 Å². The highest BCUT2D eigenvalue weighted by molar-refractivity contribution is 5.33. The Morgan fingerprint density at radius 3 is 1.39 bits per heavy atom. The van der Waals surface area contributed by atoms with Gasteiger partial charge in [0.05, 0.1) is 0 Å². The van der Waals surface area contributed by atoms with Gasteiger partial charge in [-0.25, -0.2) is 0 Å². The molecule has 0 heterocycles. The second kappa shape index (κ2) is 5.85. The Kier molecular flexibility index (Phi) is 4.94. The van der Waals surface area contributed by atoms with E-state index in [1.807, 2.05) is 0 Å². The van der Waals surface area contributed by atoms with E-state index in [4.69, 9.17) is 11.5 Å². The lowest BCUT2D eigenvalue weighted by Crippen LogP contribution is -2.38. The van der Waals surface area contributed by atoms with Crippen LogP contribution < -0.4 is 11.5 Å². The maximum absolute atomic E-state index is 6.47. The van der Waals surface area contributed by atoms with Crippen LogP contribution in [0.15, 0.2) is 24.3 Å². The van der Waals surface area contributed by atoms with Crippen molar-refractivity contribution in [3.05, 3.63) is 35.4 Å². The Bertz CT molecular complexity index is 343.